The van der Waals surface area contributed by atoms with Gasteiger partial charge >= 0.3 is 0 Å². The lowest BCUT2D eigenvalue weighted by Gasteiger charge is -2.36. The van der Waals surface area contributed by atoms with Gasteiger partial charge in [0.05, 0.1) is 4.92 Å². The molecule has 134 valence electrons. The lowest BCUT2D eigenvalue weighted by atomic mass is 9.67. The number of rotatable bonds is 5. The normalized spacial score (nSPS) is 22.1. The number of fused-ring (bicyclic) bond motifs is 3. The summed E-state index contributed by atoms with van der Waals surface area (Å²) in [6.07, 6.45) is 4.96. The fraction of sp³-hybridized carbons (Fsp3) is 0.526. The van der Waals surface area contributed by atoms with Gasteiger partial charge in [-0.25, -0.2) is 4.39 Å². The third-order valence-corrected chi connectivity index (χ3v) is 5.72. The molecule has 0 saturated carbocycles. The van der Waals surface area contributed by atoms with Crippen LogP contribution in [0.1, 0.15) is 63.5 Å². The van der Waals surface area contributed by atoms with E-state index in [0.717, 1.165) is 24.8 Å². The molecule has 1 atom stereocenters. The predicted molar refractivity (Wildman–Crippen MR) is 94.6 cm³/mol. The molecule has 25 heavy (non-hydrogen) atoms. The van der Waals surface area contributed by atoms with Crippen molar-refractivity contribution in [3.05, 3.63) is 38.7 Å². The van der Waals surface area contributed by atoms with E-state index < -0.39 is 16.4 Å². The minimum absolute atomic E-state index is 0.0809. The molecule has 2 aliphatic carbocycles. The number of benzene rings is 1. The molecule has 0 saturated heterocycles. The summed E-state index contributed by atoms with van der Waals surface area (Å²) >= 11 is 0. The van der Waals surface area contributed by atoms with E-state index in [9.17, 15) is 19.3 Å². The summed E-state index contributed by atoms with van der Waals surface area (Å²) in [6, 6.07) is 1.30. The van der Waals surface area contributed by atoms with E-state index in [1.165, 1.54) is 6.07 Å². The van der Waals surface area contributed by atoms with Crippen LogP contribution < -0.4 is 5.73 Å². The first kappa shape index (κ1) is 17.6. The van der Waals surface area contributed by atoms with E-state index >= 15 is 0 Å². The quantitative estimate of drug-likeness (QED) is 0.480. The second kappa shape index (κ2) is 6.24. The van der Waals surface area contributed by atoms with E-state index in [0.29, 0.717) is 42.4 Å². The van der Waals surface area contributed by atoms with Crippen LogP contribution in [0.4, 0.5) is 15.8 Å². The fourth-order valence-corrected chi connectivity index (χ4v) is 4.58. The van der Waals surface area contributed by atoms with Crippen molar-refractivity contribution in [2.24, 2.45) is 5.41 Å². The number of halogens is 1. The predicted octanol–water partition coefficient (Wildman–Crippen LogP) is 4.58. The zero-order chi connectivity index (χ0) is 18.4. The van der Waals surface area contributed by atoms with Crippen LogP contribution >= 0.6 is 0 Å². The van der Waals surface area contributed by atoms with Crippen LogP contribution in [0, 0.1) is 21.3 Å². The minimum atomic E-state index is -0.780. The number of carbonyl (C=O) groups is 1. The first-order valence-corrected chi connectivity index (χ1v) is 8.88. The largest absolute Gasteiger partial charge is 0.391 e. The molecule has 0 heterocycles. The Kier molecular flexibility index (Phi) is 4.39. The molecule has 0 bridgehead atoms. The molecule has 0 radical (unpaired) electrons. The lowest BCUT2D eigenvalue weighted by molar-refractivity contribution is -0.384. The van der Waals surface area contributed by atoms with Crippen molar-refractivity contribution in [3.8, 4) is 0 Å². The van der Waals surface area contributed by atoms with Gasteiger partial charge in [-0.1, -0.05) is 26.7 Å². The van der Waals surface area contributed by atoms with Crippen LogP contribution in [-0.4, -0.2) is 10.7 Å². The van der Waals surface area contributed by atoms with Gasteiger partial charge in [0.1, 0.15) is 5.69 Å². The number of carbonyl (C=O) groups excluding carboxylic acids is 1. The van der Waals surface area contributed by atoms with Crippen molar-refractivity contribution in [3.63, 3.8) is 0 Å². The number of Topliss-reactive ketones (excluding diaryl/α,β-unsaturated/α-hetero) is 1. The van der Waals surface area contributed by atoms with Crippen molar-refractivity contribution in [1.29, 1.82) is 0 Å². The van der Waals surface area contributed by atoms with E-state index in [4.69, 9.17) is 5.73 Å². The summed E-state index contributed by atoms with van der Waals surface area (Å²) in [5.74, 6) is -0.699. The third kappa shape index (κ3) is 2.55. The molecular weight excluding hydrogens is 323 g/mol. The monoisotopic (exact) mass is 346 g/mol. The number of nitrogens with two attached hydrogens (primary N) is 1. The first-order valence-electron chi connectivity index (χ1n) is 8.88. The Morgan fingerprint density at radius 3 is 2.72 bits per heavy atom. The Morgan fingerprint density at radius 2 is 2.12 bits per heavy atom. The van der Waals surface area contributed by atoms with E-state index in [1.54, 1.807) is 0 Å². The van der Waals surface area contributed by atoms with Gasteiger partial charge < -0.3 is 5.73 Å². The summed E-state index contributed by atoms with van der Waals surface area (Å²) in [5, 5.41) is 11.5. The number of nitrogen functional groups attached to an aromatic ring is 1. The summed E-state index contributed by atoms with van der Waals surface area (Å²) in [4.78, 5) is 23.4. The van der Waals surface area contributed by atoms with Gasteiger partial charge in [-0.3, -0.25) is 14.9 Å². The van der Waals surface area contributed by atoms with Gasteiger partial charge in [-0.2, -0.15) is 0 Å². The molecule has 1 unspecified atom stereocenters. The van der Waals surface area contributed by atoms with Gasteiger partial charge in [0.15, 0.2) is 11.6 Å². The molecule has 3 rings (SSSR count). The highest BCUT2D eigenvalue weighted by molar-refractivity contribution is 6.07. The number of hydrogen-bond donors (Lipinski definition) is 1. The highest BCUT2D eigenvalue weighted by atomic mass is 19.1. The molecule has 0 spiro atoms. The van der Waals surface area contributed by atoms with Crippen LogP contribution in [-0.2, 0) is 11.2 Å². The average molecular weight is 346 g/mol. The number of anilines is 1. The maximum atomic E-state index is 14.3. The Bertz CT molecular complexity index is 800. The smallest absolute Gasteiger partial charge is 0.298 e. The summed E-state index contributed by atoms with van der Waals surface area (Å²) in [5.41, 5.74) is 7.23. The number of nitro groups is 1. The SMILES string of the molecule is CCCCC12CCC(=O)C(CC)=C1c1cc(F)c(N)c([N+](=O)[O-])c1C2. The van der Waals surface area contributed by atoms with Gasteiger partial charge in [0, 0.05) is 17.4 Å². The minimum Gasteiger partial charge on any atom is -0.391 e. The number of nitrogens with zero attached hydrogens (tertiary/aromatic N) is 1. The molecule has 0 amide bonds. The highest BCUT2D eigenvalue weighted by Crippen LogP contribution is 2.59. The van der Waals surface area contributed by atoms with Gasteiger partial charge in [-0.05, 0) is 48.5 Å². The number of allylic oxidation sites excluding steroid dienone is 2. The molecule has 1 aromatic rings. The molecule has 0 aromatic heterocycles. The number of hydrogen-bond acceptors (Lipinski definition) is 4. The second-order valence-corrected chi connectivity index (χ2v) is 7.09. The second-order valence-electron chi connectivity index (χ2n) is 7.09. The van der Waals surface area contributed by atoms with Crippen LogP contribution in [0.25, 0.3) is 5.57 Å². The Hall–Kier alpha value is -2.24. The first-order chi connectivity index (χ1) is 11.9. The zero-order valence-corrected chi connectivity index (χ0v) is 14.7. The van der Waals surface area contributed by atoms with Gasteiger partial charge in [0.25, 0.3) is 5.69 Å². The van der Waals surface area contributed by atoms with Crippen LogP contribution in [0.15, 0.2) is 11.6 Å². The Balaban J connectivity index is 2.32. The average Bonchev–Trinajstić information content (AvgIpc) is 2.88. The molecular formula is C19H23FN2O3. The Labute approximate surface area is 146 Å². The van der Waals surface area contributed by atoms with E-state index in [2.05, 4.69) is 6.92 Å². The number of ketones is 1. The van der Waals surface area contributed by atoms with E-state index in [1.807, 2.05) is 6.92 Å². The van der Waals surface area contributed by atoms with Crippen molar-refractivity contribution < 1.29 is 14.1 Å². The van der Waals surface area contributed by atoms with Crippen LogP contribution in [0.3, 0.4) is 0 Å². The van der Waals surface area contributed by atoms with Crippen molar-refractivity contribution in [1.82, 2.24) is 0 Å². The molecule has 1 aromatic carbocycles. The number of nitro benzene ring substituents is 1. The Morgan fingerprint density at radius 1 is 1.40 bits per heavy atom. The maximum Gasteiger partial charge on any atom is 0.298 e. The summed E-state index contributed by atoms with van der Waals surface area (Å²) < 4.78 is 14.3. The summed E-state index contributed by atoms with van der Waals surface area (Å²) in [6.45, 7) is 4.01. The van der Waals surface area contributed by atoms with Gasteiger partial charge in [0.2, 0.25) is 0 Å². The molecule has 0 fully saturated rings. The molecule has 2 N–H and O–H groups in total. The highest BCUT2D eigenvalue weighted by Gasteiger charge is 2.49. The fourth-order valence-electron chi connectivity index (χ4n) is 4.58. The molecule has 6 heteroatoms. The summed E-state index contributed by atoms with van der Waals surface area (Å²) in [7, 11) is 0. The number of unbranched alkanes of at least 4 members (excludes halogenated alkanes) is 1. The van der Waals surface area contributed by atoms with Crippen molar-refractivity contribution in [2.45, 2.75) is 58.8 Å². The van der Waals surface area contributed by atoms with Crippen LogP contribution in [0.5, 0.6) is 0 Å². The standard InChI is InChI=1S/C19H23FN2O3/c1-3-5-7-19-8-6-15(23)11(4-2)16(19)12-9-14(20)17(21)18(22(24)25)13(12)10-19/h9H,3-8,10,21H2,1-2H3. The van der Waals surface area contributed by atoms with Crippen molar-refractivity contribution >= 4 is 22.7 Å². The topological polar surface area (TPSA) is 86.2 Å². The van der Waals surface area contributed by atoms with Crippen LogP contribution in [0.2, 0.25) is 0 Å². The van der Waals surface area contributed by atoms with Gasteiger partial charge in [-0.15, -0.1) is 0 Å². The molecule has 5 nitrogen and oxygen atoms in total. The lowest BCUT2D eigenvalue weighted by Crippen LogP contribution is -2.28. The van der Waals surface area contributed by atoms with E-state index in [-0.39, 0.29) is 16.9 Å². The zero-order valence-electron chi connectivity index (χ0n) is 14.7. The molecule has 0 aliphatic heterocycles. The third-order valence-electron chi connectivity index (χ3n) is 5.72. The van der Waals surface area contributed by atoms with Crippen molar-refractivity contribution in [2.75, 3.05) is 5.73 Å². The maximum absolute atomic E-state index is 14.3. The molecule has 2 aliphatic rings.